The van der Waals surface area contributed by atoms with Gasteiger partial charge in [0.25, 0.3) is 0 Å². The maximum atomic E-state index is 13.9. The van der Waals surface area contributed by atoms with E-state index >= 15 is 0 Å². The highest BCUT2D eigenvalue weighted by atomic mass is 32.2. The van der Waals surface area contributed by atoms with Gasteiger partial charge in [-0.3, -0.25) is 23.7 Å². The number of carbonyl (C=O) groups excluding carboxylic acids is 4. The van der Waals surface area contributed by atoms with Gasteiger partial charge in [0.15, 0.2) is 18.3 Å². The van der Waals surface area contributed by atoms with Crippen LogP contribution in [-0.4, -0.2) is 78.2 Å². The third-order valence-electron chi connectivity index (χ3n) is 11.2. The van der Waals surface area contributed by atoms with E-state index in [0.29, 0.717) is 19.3 Å². The summed E-state index contributed by atoms with van der Waals surface area (Å²) >= 11 is 0. The maximum Gasteiger partial charge on any atom is 0.405 e. The lowest BCUT2D eigenvalue weighted by molar-refractivity contribution is -0.199. The molecule has 0 spiro atoms. The van der Waals surface area contributed by atoms with E-state index in [1.165, 1.54) is 0 Å². The molecule has 3 saturated heterocycles. The van der Waals surface area contributed by atoms with E-state index in [1.54, 1.807) is 0 Å². The van der Waals surface area contributed by atoms with Crippen LogP contribution in [-0.2, 0) is 53.0 Å². The highest BCUT2D eigenvalue weighted by molar-refractivity contribution is 7.86. The van der Waals surface area contributed by atoms with Crippen LogP contribution in [0.1, 0.15) is 73.6 Å². The second kappa shape index (κ2) is 10.1. The first kappa shape index (κ1) is 32.0. The Labute approximate surface area is 248 Å². The van der Waals surface area contributed by atoms with Crippen molar-refractivity contribution in [2.24, 2.45) is 34.5 Å². The summed E-state index contributed by atoms with van der Waals surface area (Å²) in [5.41, 5.74) is -1.13. The Bertz CT molecular complexity index is 1330. The van der Waals surface area contributed by atoms with Crippen molar-refractivity contribution in [2.45, 2.75) is 115 Å². The molecular formula is C28H38F2O12S. The van der Waals surface area contributed by atoms with Crippen molar-refractivity contribution in [1.29, 1.82) is 0 Å². The Morgan fingerprint density at radius 3 is 2.23 bits per heavy atom. The molecule has 0 radical (unpaired) electrons. The lowest BCUT2D eigenvalue weighted by atomic mass is 9.61. The third-order valence-corrected chi connectivity index (χ3v) is 12.3. The van der Waals surface area contributed by atoms with Crippen LogP contribution >= 0.6 is 0 Å². The van der Waals surface area contributed by atoms with Crippen molar-refractivity contribution in [1.82, 2.24) is 0 Å². The van der Waals surface area contributed by atoms with Gasteiger partial charge in [0.05, 0.1) is 12.8 Å². The third kappa shape index (κ3) is 4.50. The zero-order chi connectivity index (χ0) is 32.1. The monoisotopic (exact) mass is 636 g/mol. The molecule has 0 aromatic heterocycles. The topological polar surface area (TPSA) is 169 Å². The fourth-order valence-electron chi connectivity index (χ4n) is 8.38. The van der Waals surface area contributed by atoms with Gasteiger partial charge in [-0.15, -0.1) is 0 Å². The van der Waals surface area contributed by atoms with Gasteiger partial charge in [0, 0.05) is 5.41 Å². The molecule has 2 aliphatic carbocycles. The molecule has 10 atom stereocenters. The summed E-state index contributed by atoms with van der Waals surface area (Å²) in [4.78, 5) is 51.4. The zero-order valence-electron chi connectivity index (χ0n) is 24.8. The SMILES string of the molecule is CC(C)C1(OC(=O)C2C3OC4C(OC(=O)C42)C3OC(=O)CCC(=O)OC(C)C(F)(F)S(=O)(=O)O)CC2CCC1(C)C2(C)C. The summed E-state index contributed by atoms with van der Waals surface area (Å²) in [6.45, 7) is 11.2. The molecule has 1 N–H and O–H groups in total. The summed E-state index contributed by atoms with van der Waals surface area (Å²) in [6.07, 6.45) is -5.30. The fraction of sp³-hybridized carbons (Fsp3) is 0.857. The molecule has 10 unspecified atom stereocenters. The Hall–Kier alpha value is -2.39. The molecule has 2 saturated carbocycles. The van der Waals surface area contributed by atoms with Crippen molar-refractivity contribution in [2.75, 3.05) is 0 Å². The smallest absolute Gasteiger partial charge is 0.405 e. The highest BCUT2D eigenvalue weighted by Gasteiger charge is 2.75. The highest BCUT2D eigenvalue weighted by Crippen LogP contribution is 2.72. The van der Waals surface area contributed by atoms with Gasteiger partial charge in [0.2, 0.25) is 0 Å². The van der Waals surface area contributed by atoms with Gasteiger partial charge in [-0.1, -0.05) is 34.6 Å². The fourth-order valence-corrected chi connectivity index (χ4v) is 8.85. The van der Waals surface area contributed by atoms with Crippen LogP contribution in [0.15, 0.2) is 0 Å². The van der Waals surface area contributed by atoms with Gasteiger partial charge in [-0.25, -0.2) is 0 Å². The van der Waals surface area contributed by atoms with Crippen LogP contribution < -0.4 is 0 Å². The summed E-state index contributed by atoms with van der Waals surface area (Å²) in [5, 5.41) is -4.75. The first-order valence-corrected chi connectivity index (χ1v) is 16.0. The number of carbonyl (C=O) groups is 4. The maximum absolute atomic E-state index is 13.9. The van der Waals surface area contributed by atoms with Crippen LogP contribution in [0.2, 0.25) is 0 Å². The van der Waals surface area contributed by atoms with Crippen LogP contribution in [0.25, 0.3) is 0 Å². The minimum atomic E-state index is -5.84. The molecule has 12 nitrogen and oxygen atoms in total. The van der Waals surface area contributed by atoms with Crippen LogP contribution in [0.4, 0.5) is 8.78 Å². The Balaban J connectivity index is 1.26. The number of alkyl halides is 2. The molecular weight excluding hydrogens is 598 g/mol. The van der Waals surface area contributed by atoms with E-state index in [-0.39, 0.29) is 16.7 Å². The summed E-state index contributed by atoms with van der Waals surface area (Å²) in [6, 6.07) is 0. The standard InChI is InChI=1S/C28H38F2O12S/c1-12(2)27(11-14-9-10-26(27,6)25(14,4)5)42-24(34)18-17-19-22(41-23(17)33)21(20(18)40-19)39-16(32)8-7-15(31)38-13(3)28(29,30)43(35,36)37/h12-14,17-22H,7-11H2,1-6H3,(H,35,36,37). The Morgan fingerprint density at radius 2 is 1.70 bits per heavy atom. The number of hydrogen-bond acceptors (Lipinski definition) is 11. The van der Waals surface area contributed by atoms with E-state index in [9.17, 15) is 36.4 Å². The summed E-state index contributed by atoms with van der Waals surface area (Å²) in [7, 11) is -5.84. The number of halogens is 2. The van der Waals surface area contributed by atoms with Gasteiger partial charge in [0.1, 0.15) is 29.6 Å². The van der Waals surface area contributed by atoms with E-state index in [0.717, 1.165) is 12.8 Å². The summed E-state index contributed by atoms with van der Waals surface area (Å²) < 4.78 is 85.3. The van der Waals surface area contributed by atoms with E-state index in [2.05, 4.69) is 25.5 Å². The van der Waals surface area contributed by atoms with Crippen LogP contribution in [0, 0.1) is 34.5 Å². The number of ether oxygens (including phenoxy) is 5. The van der Waals surface area contributed by atoms with Crippen LogP contribution in [0.3, 0.4) is 0 Å². The predicted octanol–water partition coefficient (Wildman–Crippen LogP) is 2.81. The summed E-state index contributed by atoms with van der Waals surface area (Å²) in [5.74, 6) is -5.24. The molecule has 3 heterocycles. The quantitative estimate of drug-likeness (QED) is 0.212. The van der Waals surface area contributed by atoms with E-state index in [4.69, 9.17) is 23.5 Å². The Morgan fingerprint density at radius 1 is 1.07 bits per heavy atom. The lowest BCUT2D eigenvalue weighted by Gasteiger charge is -2.50. The number of rotatable bonds is 10. The molecule has 0 amide bonds. The predicted molar refractivity (Wildman–Crippen MR) is 140 cm³/mol. The minimum Gasteiger partial charge on any atom is -0.458 e. The number of hydrogen-bond donors (Lipinski definition) is 1. The largest absolute Gasteiger partial charge is 0.458 e. The Kier molecular flexibility index (Phi) is 7.49. The van der Waals surface area contributed by atoms with Gasteiger partial charge in [-0.2, -0.15) is 17.2 Å². The molecule has 242 valence electrons. The van der Waals surface area contributed by atoms with Crippen molar-refractivity contribution < 1.29 is 64.6 Å². The molecule has 0 aromatic carbocycles. The first-order valence-electron chi connectivity index (χ1n) is 14.5. The van der Waals surface area contributed by atoms with Crippen molar-refractivity contribution in [3.8, 4) is 0 Å². The lowest BCUT2D eigenvalue weighted by Crippen LogP contribution is -2.56. The average Bonchev–Trinajstić information content (AvgIpc) is 3.60. The number of esters is 4. The average molecular weight is 637 g/mol. The second-order valence-corrected chi connectivity index (χ2v) is 15.1. The molecule has 15 heteroatoms. The van der Waals surface area contributed by atoms with Crippen molar-refractivity contribution in [3.63, 3.8) is 0 Å². The molecule has 3 aliphatic heterocycles. The molecule has 5 aliphatic rings. The minimum absolute atomic E-state index is 0.0117. The molecule has 43 heavy (non-hydrogen) atoms. The van der Waals surface area contributed by atoms with Crippen molar-refractivity contribution in [3.05, 3.63) is 0 Å². The van der Waals surface area contributed by atoms with Gasteiger partial charge < -0.3 is 23.7 Å². The molecule has 0 aromatic rings. The van der Waals surface area contributed by atoms with E-state index < -0.39 is 100 Å². The first-order chi connectivity index (χ1) is 19.7. The van der Waals surface area contributed by atoms with E-state index in [1.807, 2.05) is 13.8 Å². The molecule has 5 fully saturated rings. The zero-order valence-corrected chi connectivity index (χ0v) is 25.7. The van der Waals surface area contributed by atoms with Gasteiger partial charge in [-0.05, 0) is 43.4 Å². The normalized spacial score (nSPS) is 39.6. The van der Waals surface area contributed by atoms with Gasteiger partial charge >= 0.3 is 39.2 Å². The molecule has 4 bridgehead atoms. The number of fused-ring (bicyclic) bond motifs is 3. The second-order valence-electron chi connectivity index (χ2n) is 13.6. The van der Waals surface area contributed by atoms with Crippen LogP contribution in [0.5, 0.6) is 0 Å². The van der Waals surface area contributed by atoms with Crippen molar-refractivity contribution >= 4 is 34.0 Å². The molecule has 5 rings (SSSR count).